The molecule has 0 saturated carbocycles. The third-order valence-corrected chi connectivity index (χ3v) is 6.81. The topological polar surface area (TPSA) is 124 Å². The first-order valence-electron chi connectivity index (χ1n) is 14.0. The minimum atomic E-state index is -0.676. The van der Waals surface area contributed by atoms with Gasteiger partial charge in [0.2, 0.25) is 0 Å². The van der Waals surface area contributed by atoms with Crippen LogP contribution in [0.25, 0.3) is 23.0 Å². The number of benzene rings is 2. The van der Waals surface area contributed by atoms with Crippen molar-refractivity contribution >= 4 is 23.9 Å². The molecule has 222 valence electrons. The molecule has 10 nitrogen and oxygen atoms in total. The lowest BCUT2D eigenvalue weighted by atomic mass is 9.93. The predicted octanol–water partition coefficient (Wildman–Crippen LogP) is 4.81. The summed E-state index contributed by atoms with van der Waals surface area (Å²) in [7, 11) is 0. The van der Waals surface area contributed by atoms with E-state index < -0.39 is 17.8 Å². The number of nitriles is 1. The van der Waals surface area contributed by atoms with E-state index >= 15 is 0 Å². The molecule has 0 bridgehead atoms. The van der Waals surface area contributed by atoms with Crippen LogP contribution in [0.2, 0.25) is 0 Å². The molecule has 4 rings (SSSR count). The smallest absolute Gasteiger partial charge is 0.302 e. The molecule has 3 aromatic rings. The summed E-state index contributed by atoms with van der Waals surface area (Å²) in [5.74, 6) is -0.882. The van der Waals surface area contributed by atoms with E-state index in [9.17, 15) is 19.6 Å². The van der Waals surface area contributed by atoms with Gasteiger partial charge in [-0.3, -0.25) is 19.3 Å². The molecule has 1 aliphatic heterocycles. The standard InChI is InChI=1S/C33H34N4O6/c1-5-14-43-27-11-12-28(22(2)18-27)31-25(21-37(35-31)26-9-7-6-8-10-26)19-29-23(3)30(20-34)33(40)36(32(29)39)13-15-41-16-17-42-24(4)38/h6-12,18-19,21H,5,13-17H2,1-4H3/b29-19+. The number of aromatic nitrogens is 2. The van der Waals surface area contributed by atoms with Crippen molar-refractivity contribution < 1.29 is 28.6 Å². The maximum atomic E-state index is 13.7. The summed E-state index contributed by atoms with van der Waals surface area (Å²) in [5.41, 5.74) is 4.29. The van der Waals surface area contributed by atoms with Gasteiger partial charge in [0.1, 0.15) is 29.7 Å². The van der Waals surface area contributed by atoms with Gasteiger partial charge in [0.15, 0.2) is 0 Å². The molecular formula is C33H34N4O6. The van der Waals surface area contributed by atoms with Crippen LogP contribution in [-0.2, 0) is 23.9 Å². The van der Waals surface area contributed by atoms with Gasteiger partial charge in [0, 0.05) is 29.8 Å². The number of carbonyl (C=O) groups excluding carboxylic acids is 3. The van der Waals surface area contributed by atoms with Gasteiger partial charge in [-0.15, -0.1) is 0 Å². The maximum Gasteiger partial charge on any atom is 0.302 e. The van der Waals surface area contributed by atoms with E-state index in [1.165, 1.54) is 6.92 Å². The molecule has 0 atom stereocenters. The fraction of sp³-hybridized carbons (Fsp3) is 0.303. The van der Waals surface area contributed by atoms with Crippen LogP contribution in [-0.4, -0.2) is 65.4 Å². The Morgan fingerprint density at radius 2 is 1.79 bits per heavy atom. The second-order valence-corrected chi connectivity index (χ2v) is 9.92. The van der Waals surface area contributed by atoms with Gasteiger partial charge in [0.05, 0.1) is 32.1 Å². The van der Waals surface area contributed by atoms with Crippen LogP contribution in [0.1, 0.15) is 38.3 Å². The molecule has 0 fully saturated rings. The Balaban J connectivity index is 1.73. The molecular weight excluding hydrogens is 548 g/mol. The molecule has 1 aliphatic rings. The highest BCUT2D eigenvalue weighted by Crippen LogP contribution is 2.33. The van der Waals surface area contributed by atoms with E-state index in [1.807, 2.05) is 74.6 Å². The van der Waals surface area contributed by atoms with Crippen LogP contribution in [0.15, 0.2) is 71.4 Å². The number of hydrogen-bond donors (Lipinski definition) is 0. The van der Waals surface area contributed by atoms with E-state index in [2.05, 4.69) is 0 Å². The van der Waals surface area contributed by atoms with Crippen LogP contribution in [0.3, 0.4) is 0 Å². The van der Waals surface area contributed by atoms with Crippen molar-refractivity contribution in [2.45, 2.75) is 34.1 Å². The number of carbonyl (C=O) groups is 3. The Hall–Kier alpha value is -5.01. The molecule has 0 N–H and O–H groups in total. The van der Waals surface area contributed by atoms with Crippen molar-refractivity contribution in [3.63, 3.8) is 0 Å². The van der Waals surface area contributed by atoms with E-state index in [0.29, 0.717) is 23.4 Å². The number of ether oxygens (including phenoxy) is 3. The number of para-hydroxylation sites is 1. The lowest BCUT2D eigenvalue weighted by Gasteiger charge is -2.27. The number of imide groups is 1. The number of nitrogens with zero attached hydrogens (tertiary/aromatic N) is 4. The van der Waals surface area contributed by atoms with Gasteiger partial charge in [-0.1, -0.05) is 25.1 Å². The summed E-state index contributed by atoms with van der Waals surface area (Å²) in [6, 6.07) is 17.3. The largest absolute Gasteiger partial charge is 0.494 e. The van der Waals surface area contributed by atoms with Crippen molar-refractivity contribution in [3.05, 3.63) is 82.6 Å². The highest BCUT2D eigenvalue weighted by molar-refractivity contribution is 6.19. The van der Waals surface area contributed by atoms with Gasteiger partial charge in [-0.25, -0.2) is 4.68 Å². The Morgan fingerprint density at radius 3 is 2.47 bits per heavy atom. The van der Waals surface area contributed by atoms with Crippen molar-refractivity contribution in [1.82, 2.24) is 14.7 Å². The lowest BCUT2D eigenvalue weighted by Crippen LogP contribution is -2.44. The zero-order chi connectivity index (χ0) is 30.9. The maximum absolute atomic E-state index is 13.7. The first-order chi connectivity index (χ1) is 20.7. The first-order valence-corrected chi connectivity index (χ1v) is 14.0. The number of aryl methyl sites for hydroxylation is 1. The molecule has 0 aliphatic carbocycles. The van der Waals surface area contributed by atoms with E-state index in [-0.39, 0.29) is 37.5 Å². The van der Waals surface area contributed by atoms with E-state index in [1.54, 1.807) is 17.7 Å². The minimum absolute atomic E-state index is 0.0205. The summed E-state index contributed by atoms with van der Waals surface area (Å²) in [4.78, 5) is 38.7. The number of amides is 2. The average molecular weight is 583 g/mol. The lowest BCUT2D eigenvalue weighted by molar-refractivity contribution is -0.142. The molecule has 2 heterocycles. The quantitative estimate of drug-likeness (QED) is 0.129. The molecule has 2 amide bonds. The van der Waals surface area contributed by atoms with Gasteiger partial charge in [-0.05, 0) is 67.8 Å². The van der Waals surface area contributed by atoms with Crippen LogP contribution >= 0.6 is 0 Å². The minimum Gasteiger partial charge on any atom is -0.494 e. The Labute approximate surface area is 250 Å². The SMILES string of the molecule is CCCOc1ccc(-c2nn(-c3ccccc3)cc2/C=C2/C(=O)N(CCOCCOC(C)=O)C(=O)C(C#N)=C2C)c(C)c1. The Kier molecular flexibility index (Phi) is 10.3. The summed E-state index contributed by atoms with van der Waals surface area (Å²) in [5, 5.41) is 14.7. The summed E-state index contributed by atoms with van der Waals surface area (Å²) in [6.07, 6.45) is 4.40. The highest BCUT2D eigenvalue weighted by Gasteiger charge is 2.35. The Morgan fingerprint density at radius 1 is 1.02 bits per heavy atom. The molecule has 10 heteroatoms. The normalized spacial score (nSPS) is 14.3. The third kappa shape index (κ3) is 7.26. The fourth-order valence-corrected chi connectivity index (χ4v) is 4.62. The first kappa shape index (κ1) is 30.9. The van der Waals surface area contributed by atoms with Crippen LogP contribution in [0, 0.1) is 18.3 Å². The second kappa shape index (κ2) is 14.2. The highest BCUT2D eigenvalue weighted by atomic mass is 16.6. The average Bonchev–Trinajstić information content (AvgIpc) is 3.41. The molecule has 0 radical (unpaired) electrons. The van der Waals surface area contributed by atoms with Gasteiger partial charge in [0.25, 0.3) is 11.8 Å². The van der Waals surface area contributed by atoms with E-state index in [4.69, 9.17) is 19.3 Å². The molecule has 2 aromatic carbocycles. The Bertz CT molecular complexity index is 1610. The van der Waals surface area contributed by atoms with Crippen LogP contribution in [0.5, 0.6) is 5.75 Å². The number of esters is 1. The summed E-state index contributed by atoms with van der Waals surface area (Å²) in [6.45, 7) is 7.65. The van der Waals surface area contributed by atoms with E-state index in [0.717, 1.165) is 33.9 Å². The molecule has 0 unspecified atom stereocenters. The number of rotatable bonds is 12. The van der Waals surface area contributed by atoms with Crippen LogP contribution < -0.4 is 4.74 Å². The van der Waals surface area contributed by atoms with Gasteiger partial charge >= 0.3 is 5.97 Å². The van der Waals surface area contributed by atoms with Gasteiger partial charge in [-0.2, -0.15) is 10.4 Å². The summed E-state index contributed by atoms with van der Waals surface area (Å²) >= 11 is 0. The zero-order valence-corrected chi connectivity index (χ0v) is 24.8. The van der Waals surface area contributed by atoms with Gasteiger partial charge < -0.3 is 14.2 Å². The number of hydrogen-bond acceptors (Lipinski definition) is 8. The molecule has 43 heavy (non-hydrogen) atoms. The van der Waals surface area contributed by atoms with Crippen molar-refractivity contribution in [2.24, 2.45) is 0 Å². The predicted molar refractivity (Wildman–Crippen MR) is 160 cm³/mol. The van der Waals surface area contributed by atoms with Crippen molar-refractivity contribution in [2.75, 3.05) is 33.0 Å². The second-order valence-electron chi connectivity index (χ2n) is 9.92. The molecule has 0 spiro atoms. The van der Waals surface area contributed by atoms with Crippen LogP contribution in [0.4, 0.5) is 0 Å². The molecule has 0 saturated heterocycles. The fourth-order valence-electron chi connectivity index (χ4n) is 4.62. The third-order valence-electron chi connectivity index (χ3n) is 6.81. The zero-order valence-electron chi connectivity index (χ0n) is 24.8. The molecule has 1 aromatic heterocycles. The summed E-state index contributed by atoms with van der Waals surface area (Å²) < 4.78 is 17.8. The van der Waals surface area contributed by atoms with Crippen molar-refractivity contribution in [3.8, 4) is 28.8 Å². The van der Waals surface area contributed by atoms with Crippen molar-refractivity contribution in [1.29, 1.82) is 5.26 Å². The monoisotopic (exact) mass is 582 g/mol.